The van der Waals surface area contributed by atoms with E-state index in [0.717, 1.165) is 55.0 Å². The van der Waals surface area contributed by atoms with E-state index in [1.54, 1.807) is 31.8 Å². The zero-order chi connectivity index (χ0) is 39.0. The van der Waals surface area contributed by atoms with Gasteiger partial charge in [-0.05, 0) is 64.0 Å². The summed E-state index contributed by atoms with van der Waals surface area (Å²) in [5.74, 6) is 2.79. The highest BCUT2D eigenvalue weighted by molar-refractivity contribution is 7.13. The number of aromatic amines is 2. The van der Waals surface area contributed by atoms with Crippen molar-refractivity contribution >= 4 is 56.4 Å². The fourth-order valence-corrected chi connectivity index (χ4v) is 7.90. The number of rotatable bonds is 11. The summed E-state index contributed by atoms with van der Waals surface area (Å²) in [6, 6.07) is 36.4. The van der Waals surface area contributed by atoms with Gasteiger partial charge >= 0.3 is 0 Å². The molecule has 0 bridgehead atoms. The van der Waals surface area contributed by atoms with Gasteiger partial charge in [0.2, 0.25) is 0 Å². The third-order valence-corrected chi connectivity index (χ3v) is 10.7. The van der Waals surface area contributed by atoms with Crippen LogP contribution in [0, 0.1) is 0 Å². The van der Waals surface area contributed by atoms with Crippen molar-refractivity contribution in [1.82, 2.24) is 40.3 Å². The van der Waals surface area contributed by atoms with Crippen LogP contribution in [0.3, 0.4) is 0 Å². The second-order valence-corrected chi connectivity index (χ2v) is 14.1. The molecule has 0 saturated heterocycles. The Bertz CT molecular complexity index is 3050. The molecule has 0 fully saturated rings. The van der Waals surface area contributed by atoms with Crippen LogP contribution in [0.2, 0.25) is 0 Å². The molecule has 0 aliphatic carbocycles. The van der Waals surface area contributed by atoms with E-state index < -0.39 is 0 Å². The Balaban J connectivity index is 1.11. The summed E-state index contributed by atoms with van der Waals surface area (Å²) in [6.45, 7) is 0. The predicted molar refractivity (Wildman–Crippen MR) is 227 cm³/mol. The van der Waals surface area contributed by atoms with Gasteiger partial charge in [-0.3, -0.25) is 10.2 Å². The Labute approximate surface area is 334 Å². The number of methoxy groups -OCH3 is 2. The molecule has 282 valence electrons. The van der Waals surface area contributed by atoms with Gasteiger partial charge in [-0.25, -0.2) is 19.9 Å². The lowest BCUT2D eigenvalue weighted by Crippen LogP contribution is -2.01. The first-order valence-corrected chi connectivity index (χ1v) is 19.1. The van der Waals surface area contributed by atoms with E-state index in [9.17, 15) is 0 Å². The van der Waals surface area contributed by atoms with Gasteiger partial charge in [0.05, 0.1) is 47.5 Å². The van der Waals surface area contributed by atoms with E-state index in [4.69, 9.17) is 24.0 Å². The van der Waals surface area contributed by atoms with Crippen molar-refractivity contribution in [3.05, 3.63) is 133 Å². The minimum absolute atomic E-state index is 0.489. The maximum absolute atomic E-state index is 6.31. The SMILES string of the molecule is COc1ccc(-c2ccccc2)cc1Nc1ncnc2[nH]nc(-c3occc3-c3cc(-c4ccccc4)cc(Nc4ncnc5[nH]nc(-c6cccs6)c45)c3OC)c12. The van der Waals surface area contributed by atoms with Crippen molar-refractivity contribution in [3.63, 3.8) is 0 Å². The first-order valence-electron chi connectivity index (χ1n) is 18.2. The number of H-pyrrole nitrogens is 2. The van der Waals surface area contributed by atoms with Crippen LogP contribution >= 0.6 is 11.3 Å². The van der Waals surface area contributed by atoms with Gasteiger partial charge in [-0.1, -0.05) is 72.8 Å². The molecule has 0 saturated carbocycles. The van der Waals surface area contributed by atoms with Crippen LogP contribution in [0.4, 0.5) is 23.0 Å². The highest BCUT2D eigenvalue weighted by Crippen LogP contribution is 2.47. The molecular weight excluding hydrogens is 749 g/mol. The topological polar surface area (TPSA) is 165 Å². The second-order valence-electron chi connectivity index (χ2n) is 13.2. The molecule has 0 spiro atoms. The fraction of sp³-hybridized carbons (Fsp3) is 0.0455. The standard InChI is InChI=1S/C44H32N10O3S/c1-55-33-16-15-27(25-10-5-3-6-11-25)21-31(33)49-42-36-38(52-54-44(36)48-24-46-42)40-29(17-18-57-40)30-20-28(26-12-7-4-8-13-26)22-32(39(30)56-2)50-41-35-37(34-14-9-19-58-34)51-53-43(35)47-23-45-41/h3-24H,1-2H3,(H2,45,47,50,51,53)(H2,46,48,49,52,54). The number of ether oxygens (including phenoxy) is 2. The van der Waals surface area contributed by atoms with E-state index >= 15 is 0 Å². The summed E-state index contributed by atoms with van der Waals surface area (Å²) in [5, 5.41) is 26.0. The molecule has 0 aliphatic heterocycles. The molecule has 14 heteroatoms. The number of aromatic nitrogens is 8. The lowest BCUT2D eigenvalue weighted by atomic mass is 9.96. The number of nitrogens with zero attached hydrogens (tertiary/aromatic N) is 6. The van der Waals surface area contributed by atoms with Crippen LogP contribution in [0.25, 0.3) is 77.5 Å². The van der Waals surface area contributed by atoms with Gasteiger partial charge in [-0.2, -0.15) is 10.2 Å². The van der Waals surface area contributed by atoms with Gasteiger partial charge < -0.3 is 24.5 Å². The second kappa shape index (κ2) is 14.7. The number of hydrogen-bond acceptors (Lipinski definition) is 12. The minimum Gasteiger partial charge on any atom is -0.495 e. The lowest BCUT2D eigenvalue weighted by molar-refractivity contribution is 0.417. The van der Waals surface area contributed by atoms with E-state index in [0.29, 0.717) is 57.0 Å². The van der Waals surface area contributed by atoms with Crippen molar-refractivity contribution in [2.75, 3.05) is 24.9 Å². The average Bonchev–Trinajstić information content (AvgIpc) is 4.12. The number of hydrogen-bond donors (Lipinski definition) is 4. The molecule has 0 aliphatic rings. The molecular formula is C44H32N10O3S. The van der Waals surface area contributed by atoms with Gasteiger partial charge in [-0.15, -0.1) is 11.3 Å². The summed E-state index contributed by atoms with van der Waals surface area (Å²) < 4.78 is 18.3. The molecule has 4 aromatic carbocycles. The van der Waals surface area contributed by atoms with Crippen LogP contribution in [0.1, 0.15) is 0 Å². The zero-order valence-corrected chi connectivity index (χ0v) is 31.8. The van der Waals surface area contributed by atoms with Gasteiger partial charge in [0.1, 0.15) is 47.2 Å². The summed E-state index contributed by atoms with van der Waals surface area (Å²) in [6.07, 6.45) is 4.64. The highest BCUT2D eigenvalue weighted by atomic mass is 32.1. The molecule has 0 atom stereocenters. The van der Waals surface area contributed by atoms with Crippen molar-refractivity contribution < 1.29 is 13.9 Å². The Morgan fingerprint density at radius 3 is 1.91 bits per heavy atom. The number of fused-ring (bicyclic) bond motifs is 2. The van der Waals surface area contributed by atoms with Crippen molar-refractivity contribution in [1.29, 1.82) is 0 Å². The van der Waals surface area contributed by atoms with Crippen LogP contribution in [-0.4, -0.2) is 54.6 Å². The Kier molecular flexibility index (Phi) is 8.76. The Hall–Kier alpha value is -7.84. The molecule has 13 nitrogen and oxygen atoms in total. The van der Waals surface area contributed by atoms with Crippen molar-refractivity contribution in [3.8, 4) is 66.9 Å². The van der Waals surface area contributed by atoms with Crippen LogP contribution in [-0.2, 0) is 0 Å². The highest BCUT2D eigenvalue weighted by Gasteiger charge is 2.26. The third kappa shape index (κ3) is 6.13. The molecule has 58 heavy (non-hydrogen) atoms. The van der Waals surface area contributed by atoms with Gasteiger partial charge in [0.25, 0.3) is 0 Å². The lowest BCUT2D eigenvalue weighted by Gasteiger charge is -2.18. The fourth-order valence-electron chi connectivity index (χ4n) is 7.18. The third-order valence-electron chi connectivity index (χ3n) is 9.85. The predicted octanol–water partition coefficient (Wildman–Crippen LogP) is 10.5. The molecule has 0 unspecified atom stereocenters. The summed E-state index contributed by atoms with van der Waals surface area (Å²) in [5.41, 5.74) is 9.31. The van der Waals surface area contributed by atoms with E-state index in [1.165, 1.54) is 12.7 Å². The quantitative estimate of drug-likeness (QED) is 0.0987. The number of nitrogens with one attached hydrogen (secondary N) is 4. The molecule has 0 amide bonds. The van der Waals surface area contributed by atoms with Crippen LogP contribution in [0.15, 0.2) is 138 Å². The number of anilines is 4. The molecule has 6 heterocycles. The number of thiophene rings is 1. The Morgan fingerprint density at radius 2 is 1.24 bits per heavy atom. The maximum atomic E-state index is 6.31. The summed E-state index contributed by atoms with van der Waals surface area (Å²) >= 11 is 1.59. The molecule has 4 N–H and O–H groups in total. The Morgan fingerprint density at radius 1 is 0.586 bits per heavy atom. The monoisotopic (exact) mass is 780 g/mol. The largest absolute Gasteiger partial charge is 0.495 e. The number of furan rings is 1. The first-order chi connectivity index (χ1) is 28.7. The van der Waals surface area contributed by atoms with E-state index in [2.05, 4.69) is 71.2 Å². The summed E-state index contributed by atoms with van der Waals surface area (Å²) in [4.78, 5) is 19.4. The van der Waals surface area contributed by atoms with Gasteiger partial charge in [0.15, 0.2) is 17.1 Å². The smallest absolute Gasteiger partial charge is 0.162 e. The van der Waals surface area contributed by atoms with Crippen molar-refractivity contribution in [2.24, 2.45) is 0 Å². The normalized spacial score (nSPS) is 11.3. The van der Waals surface area contributed by atoms with Crippen LogP contribution < -0.4 is 20.1 Å². The number of benzene rings is 4. The van der Waals surface area contributed by atoms with E-state index in [-0.39, 0.29) is 0 Å². The molecule has 10 aromatic rings. The van der Waals surface area contributed by atoms with Gasteiger partial charge in [0, 0.05) is 11.1 Å². The van der Waals surface area contributed by atoms with Crippen LogP contribution in [0.5, 0.6) is 11.5 Å². The van der Waals surface area contributed by atoms with E-state index in [1.807, 2.05) is 84.2 Å². The first kappa shape index (κ1) is 34.6. The molecule has 0 radical (unpaired) electrons. The minimum atomic E-state index is 0.489. The molecule has 6 aromatic heterocycles. The van der Waals surface area contributed by atoms with Crippen molar-refractivity contribution in [2.45, 2.75) is 0 Å². The average molecular weight is 781 g/mol. The zero-order valence-electron chi connectivity index (χ0n) is 31.0. The summed E-state index contributed by atoms with van der Waals surface area (Å²) in [7, 11) is 3.29. The molecule has 10 rings (SSSR count). The maximum Gasteiger partial charge on any atom is 0.162 e.